The number of aromatic nitrogens is 2. The largest absolute Gasteiger partial charge is 0.282 e. The van der Waals surface area contributed by atoms with Crippen LogP contribution in [0.1, 0.15) is 55.0 Å². The molecule has 2 nitrogen and oxygen atoms in total. The fourth-order valence-electron chi connectivity index (χ4n) is 2.89. The van der Waals surface area contributed by atoms with Gasteiger partial charge >= 0.3 is 0 Å². The Hall–Kier alpha value is -1.57. The lowest BCUT2D eigenvalue weighted by Gasteiger charge is -2.19. The summed E-state index contributed by atoms with van der Waals surface area (Å²) in [7, 11) is 0. The molecule has 1 aliphatic rings. The summed E-state index contributed by atoms with van der Waals surface area (Å²) >= 11 is 0. The van der Waals surface area contributed by atoms with Crippen LogP contribution in [0.2, 0.25) is 0 Å². The third-order valence-corrected chi connectivity index (χ3v) is 3.91. The van der Waals surface area contributed by atoms with E-state index < -0.39 is 0 Å². The summed E-state index contributed by atoms with van der Waals surface area (Å²) in [5.74, 6) is 0.694. The highest BCUT2D eigenvalue weighted by Crippen LogP contribution is 2.31. The molecule has 2 aromatic rings. The summed E-state index contributed by atoms with van der Waals surface area (Å²) in [6, 6.07) is 12.8. The summed E-state index contributed by atoms with van der Waals surface area (Å²) in [4.78, 5) is 0. The minimum atomic E-state index is 0.694. The third-order valence-electron chi connectivity index (χ3n) is 3.91. The lowest BCUT2D eigenvalue weighted by atomic mass is 9.87. The van der Waals surface area contributed by atoms with E-state index in [2.05, 4.69) is 46.6 Å². The number of nitrogens with one attached hydrogen (secondary N) is 1. The molecule has 0 radical (unpaired) electrons. The topological polar surface area (TPSA) is 28.7 Å². The minimum Gasteiger partial charge on any atom is -0.282 e. The number of hydrogen-bond donors (Lipinski definition) is 1. The molecule has 0 saturated heterocycles. The van der Waals surface area contributed by atoms with Gasteiger partial charge in [-0.3, -0.25) is 5.10 Å². The fraction of sp³-hybridized carbons (Fsp3) is 0.438. The normalized spacial score (nSPS) is 16.9. The van der Waals surface area contributed by atoms with Gasteiger partial charge in [-0.05, 0) is 24.5 Å². The third kappa shape index (κ3) is 2.63. The first kappa shape index (κ1) is 11.5. The van der Waals surface area contributed by atoms with Gasteiger partial charge in [0.1, 0.15) is 0 Å². The number of H-pyrrole nitrogens is 1. The second-order valence-electron chi connectivity index (χ2n) is 5.32. The zero-order valence-corrected chi connectivity index (χ0v) is 10.7. The molecule has 1 fully saturated rings. The predicted octanol–water partition coefficient (Wildman–Crippen LogP) is 4.05. The van der Waals surface area contributed by atoms with Gasteiger partial charge in [0.2, 0.25) is 0 Å². The highest BCUT2D eigenvalue weighted by Gasteiger charge is 2.18. The zero-order valence-electron chi connectivity index (χ0n) is 10.7. The Morgan fingerprint density at radius 1 is 1.06 bits per heavy atom. The molecular formula is C16H20N2. The number of nitrogens with zero attached hydrogens (tertiary/aromatic N) is 1. The fourth-order valence-corrected chi connectivity index (χ4v) is 2.89. The summed E-state index contributed by atoms with van der Waals surface area (Å²) in [6.45, 7) is 0. The molecule has 18 heavy (non-hydrogen) atoms. The van der Waals surface area contributed by atoms with Gasteiger partial charge in [0.05, 0.1) is 5.69 Å². The lowest BCUT2D eigenvalue weighted by molar-refractivity contribution is 0.436. The summed E-state index contributed by atoms with van der Waals surface area (Å²) in [5, 5.41) is 7.71. The van der Waals surface area contributed by atoms with Gasteiger partial charge in [0.25, 0.3) is 0 Å². The molecule has 1 N–H and O–H groups in total. The molecule has 0 spiro atoms. The molecule has 1 aliphatic carbocycles. The smallest absolute Gasteiger partial charge is 0.0655 e. The number of aromatic amines is 1. The highest BCUT2D eigenvalue weighted by molar-refractivity contribution is 5.23. The van der Waals surface area contributed by atoms with E-state index in [1.54, 1.807) is 0 Å². The van der Waals surface area contributed by atoms with Crippen molar-refractivity contribution in [3.8, 4) is 0 Å². The van der Waals surface area contributed by atoms with Gasteiger partial charge in [0.15, 0.2) is 0 Å². The van der Waals surface area contributed by atoms with Crippen molar-refractivity contribution in [2.45, 2.75) is 44.4 Å². The van der Waals surface area contributed by atoms with Crippen molar-refractivity contribution in [1.29, 1.82) is 0 Å². The second kappa shape index (κ2) is 5.38. The van der Waals surface area contributed by atoms with Crippen LogP contribution in [0.5, 0.6) is 0 Å². The molecule has 0 bridgehead atoms. The van der Waals surface area contributed by atoms with Crippen LogP contribution in [0.25, 0.3) is 0 Å². The van der Waals surface area contributed by atoms with Crippen molar-refractivity contribution < 1.29 is 0 Å². The summed E-state index contributed by atoms with van der Waals surface area (Å²) in [6.07, 6.45) is 7.72. The molecular weight excluding hydrogens is 220 g/mol. The van der Waals surface area contributed by atoms with Crippen LogP contribution < -0.4 is 0 Å². The SMILES string of the molecule is c1ccc(Cc2cc(C3CCCCC3)n[nH]2)cc1. The Kier molecular flexibility index (Phi) is 3.44. The Morgan fingerprint density at radius 3 is 2.61 bits per heavy atom. The van der Waals surface area contributed by atoms with E-state index in [0.717, 1.165) is 6.42 Å². The number of rotatable bonds is 3. The van der Waals surface area contributed by atoms with Gasteiger partial charge in [-0.1, -0.05) is 49.6 Å². The quantitative estimate of drug-likeness (QED) is 0.861. The van der Waals surface area contributed by atoms with Crippen LogP contribution in [0.15, 0.2) is 36.4 Å². The molecule has 0 amide bonds. The number of benzene rings is 1. The molecule has 1 aromatic heterocycles. The van der Waals surface area contributed by atoms with E-state index in [1.165, 1.54) is 49.1 Å². The van der Waals surface area contributed by atoms with Crippen molar-refractivity contribution in [2.75, 3.05) is 0 Å². The van der Waals surface area contributed by atoms with Crippen LogP contribution in [0.4, 0.5) is 0 Å². The van der Waals surface area contributed by atoms with Crippen LogP contribution in [-0.4, -0.2) is 10.2 Å². The molecule has 94 valence electrons. The molecule has 1 saturated carbocycles. The van der Waals surface area contributed by atoms with Gasteiger partial charge in [-0.2, -0.15) is 5.10 Å². The molecule has 0 aliphatic heterocycles. The van der Waals surface area contributed by atoms with Crippen LogP contribution in [-0.2, 0) is 6.42 Å². The highest BCUT2D eigenvalue weighted by atomic mass is 15.1. The maximum Gasteiger partial charge on any atom is 0.0655 e. The second-order valence-corrected chi connectivity index (χ2v) is 5.32. The van der Waals surface area contributed by atoms with Gasteiger partial charge in [-0.15, -0.1) is 0 Å². The van der Waals surface area contributed by atoms with Crippen molar-refractivity contribution in [1.82, 2.24) is 10.2 Å². The Labute approximate surface area is 108 Å². The average Bonchev–Trinajstić information content (AvgIpc) is 2.89. The average molecular weight is 240 g/mol. The van der Waals surface area contributed by atoms with Crippen LogP contribution >= 0.6 is 0 Å². The molecule has 0 unspecified atom stereocenters. The van der Waals surface area contributed by atoms with Crippen molar-refractivity contribution >= 4 is 0 Å². The van der Waals surface area contributed by atoms with Crippen molar-refractivity contribution in [2.24, 2.45) is 0 Å². The van der Waals surface area contributed by atoms with E-state index in [-0.39, 0.29) is 0 Å². The standard InChI is InChI=1S/C16H20N2/c1-3-7-13(8-4-1)11-15-12-16(18-17-15)14-9-5-2-6-10-14/h1,3-4,7-8,12,14H,2,5-6,9-11H2,(H,17,18). The van der Waals surface area contributed by atoms with E-state index in [9.17, 15) is 0 Å². The van der Waals surface area contributed by atoms with Crippen molar-refractivity contribution in [3.05, 3.63) is 53.3 Å². The first-order valence-electron chi connectivity index (χ1n) is 7.00. The van der Waals surface area contributed by atoms with Gasteiger partial charge < -0.3 is 0 Å². The maximum atomic E-state index is 4.51. The predicted molar refractivity (Wildman–Crippen MR) is 73.7 cm³/mol. The molecule has 1 aromatic carbocycles. The first-order valence-corrected chi connectivity index (χ1v) is 7.00. The number of hydrogen-bond acceptors (Lipinski definition) is 1. The Bertz CT molecular complexity index is 481. The Balaban J connectivity index is 1.69. The van der Waals surface area contributed by atoms with Crippen molar-refractivity contribution in [3.63, 3.8) is 0 Å². The summed E-state index contributed by atoms with van der Waals surface area (Å²) < 4.78 is 0. The van der Waals surface area contributed by atoms with E-state index in [1.807, 2.05) is 0 Å². The molecule has 1 heterocycles. The van der Waals surface area contributed by atoms with Gasteiger partial charge in [0, 0.05) is 18.0 Å². The van der Waals surface area contributed by atoms with Crippen LogP contribution in [0, 0.1) is 0 Å². The molecule has 0 atom stereocenters. The molecule has 2 heteroatoms. The van der Waals surface area contributed by atoms with E-state index in [4.69, 9.17) is 0 Å². The monoisotopic (exact) mass is 240 g/mol. The maximum absolute atomic E-state index is 4.51. The lowest BCUT2D eigenvalue weighted by Crippen LogP contribution is -2.04. The first-order chi connectivity index (χ1) is 8.92. The zero-order chi connectivity index (χ0) is 12.2. The van der Waals surface area contributed by atoms with E-state index in [0.29, 0.717) is 5.92 Å². The summed E-state index contributed by atoms with van der Waals surface area (Å²) in [5.41, 5.74) is 3.86. The minimum absolute atomic E-state index is 0.694. The van der Waals surface area contributed by atoms with Crippen LogP contribution in [0.3, 0.4) is 0 Å². The Morgan fingerprint density at radius 2 is 1.83 bits per heavy atom. The van der Waals surface area contributed by atoms with E-state index >= 15 is 0 Å². The van der Waals surface area contributed by atoms with Gasteiger partial charge in [-0.25, -0.2) is 0 Å². The molecule has 3 rings (SSSR count).